The Balaban J connectivity index is 1.52. The predicted octanol–water partition coefficient (Wildman–Crippen LogP) is 2.84. The number of carbonyl (C=O) groups is 2. The largest absolute Gasteiger partial charge is 0.486 e. The van der Waals surface area contributed by atoms with E-state index in [2.05, 4.69) is 5.32 Å². The van der Waals surface area contributed by atoms with Crippen molar-refractivity contribution >= 4 is 23.2 Å². The number of hydrogen-bond acceptors (Lipinski definition) is 4. The van der Waals surface area contributed by atoms with Crippen LogP contribution in [-0.2, 0) is 4.79 Å². The molecule has 2 amide bonds. The molecule has 2 heterocycles. The number of rotatable bonds is 3. The molecule has 2 aromatic rings. The second kappa shape index (κ2) is 6.47. The Kier molecular flexibility index (Phi) is 4.01. The van der Waals surface area contributed by atoms with E-state index < -0.39 is 0 Å². The van der Waals surface area contributed by atoms with Gasteiger partial charge in [-0.2, -0.15) is 0 Å². The Morgan fingerprint density at radius 3 is 2.68 bits per heavy atom. The van der Waals surface area contributed by atoms with E-state index in [1.165, 1.54) is 0 Å². The Morgan fingerprint density at radius 2 is 1.88 bits per heavy atom. The molecule has 1 N–H and O–H groups in total. The minimum Gasteiger partial charge on any atom is -0.486 e. The fourth-order valence-corrected chi connectivity index (χ4v) is 3.06. The van der Waals surface area contributed by atoms with Gasteiger partial charge in [-0.1, -0.05) is 6.07 Å². The molecule has 0 atom stereocenters. The van der Waals surface area contributed by atoms with Crippen LogP contribution < -0.4 is 19.7 Å². The zero-order valence-corrected chi connectivity index (χ0v) is 13.7. The van der Waals surface area contributed by atoms with Gasteiger partial charge in [-0.15, -0.1) is 0 Å². The molecule has 0 aliphatic carbocycles. The van der Waals surface area contributed by atoms with Crippen molar-refractivity contribution in [3.63, 3.8) is 0 Å². The lowest BCUT2D eigenvalue weighted by Crippen LogP contribution is -2.23. The monoisotopic (exact) mass is 338 g/mol. The van der Waals surface area contributed by atoms with Crippen molar-refractivity contribution in [2.45, 2.75) is 12.8 Å². The Bertz CT molecular complexity index is 834. The first-order chi connectivity index (χ1) is 12.2. The second-order valence-electron chi connectivity index (χ2n) is 6.01. The predicted molar refractivity (Wildman–Crippen MR) is 93.4 cm³/mol. The van der Waals surface area contributed by atoms with Crippen molar-refractivity contribution in [1.82, 2.24) is 0 Å². The van der Waals surface area contributed by atoms with E-state index in [0.717, 1.165) is 18.7 Å². The van der Waals surface area contributed by atoms with Gasteiger partial charge in [0.1, 0.15) is 13.2 Å². The summed E-state index contributed by atoms with van der Waals surface area (Å²) >= 11 is 0. The molecule has 1 saturated heterocycles. The average Bonchev–Trinajstić information content (AvgIpc) is 3.07. The zero-order valence-electron chi connectivity index (χ0n) is 13.7. The summed E-state index contributed by atoms with van der Waals surface area (Å²) in [7, 11) is 0. The van der Waals surface area contributed by atoms with Crippen LogP contribution in [0.2, 0.25) is 0 Å². The average molecular weight is 338 g/mol. The summed E-state index contributed by atoms with van der Waals surface area (Å²) in [6.45, 7) is 1.71. The SMILES string of the molecule is O=C(Nc1cccc(N2CCCC2=O)c1)c1ccc2c(c1)OCCO2. The van der Waals surface area contributed by atoms with Crippen LogP contribution in [0.4, 0.5) is 11.4 Å². The standard InChI is InChI=1S/C19H18N2O4/c22-18-5-2-8-21(18)15-4-1-3-14(12-15)20-19(23)13-6-7-16-17(11-13)25-10-9-24-16/h1,3-4,6-7,11-12H,2,5,8-10H2,(H,20,23). The number of hydrogen-bond donors (Lipinski definition) is 1. The number of fused-ring (bicyclic) bond motifs is 1. The minimum absolute atomic E-state index is 0.121. The lowest BCUT2D eigenvalue weighted by atomic mass is 10.1. The number of ether oxygens (including phenoxy) is 2. The first-order valence-electron chi connectivity index (χ1n) is 8.32. The fraction of sp³-hybridized carbons (Fsp3) is 0.263. The van der Waals surface area contributed by atoms with E-state index in [9.17, 15) is 9.59 Å². The van der Waals surface area contributed by atoms with E-state index in [4.69, 9.17) is 9.47 Å². The number of carbonyl (C=O) groups excluding carboxylic acids is 2. The fourth-order valence-electron chi connectivity index (χ4n) is 3.06. The van der Waals surface area contributed by atoms with Crippen LogP contribution in [0.25, 0.3) is 0 Å². The maximum atomic E-state index is 12.5. The van der Waals surface area contributed by atoms with Gasteiger partial charge >= 0.3 is 0 Å². The molecule has 0 radical (unpaired) electrons. The maximum Gasteiger partial charge on any atom is 0.255 e. The molecule has 0 unspecified atom stereocenters. The summed E-state index contributed by atoms with van der Waals surface area (Å²) in [5.74, 6) is 1.12. The summed E-state index contributed by atoms with van der Waals surface area (Å²) in [5, 5.41) is 2.87. The molecule has 6 heteroatoms. The van der Waals surface area contributed by atoms with E-state index in [0.29, 0.717) is 42.4 Å². The molecule has 2 aliphatic heterocycles. The van der Waals surface area contributed by atoms with Crippen LogP contribution in [0.3, 0.4) is 0 Å². The maximum absolute atomic E-state index is 12.5. The summed E-state index contributed by atoms with van der Waals surface area (Å²) in [5.41, 5.74) is 1.95. The van der Waals surface area contributed by atoms with Gasteiger partial charge in [-0.05, 0) is 42.8 Å². The van der Waals surface area contributed by atoms with Gasteiger partial charge in [0.25, 0.3) is 5.91 Å². The molecular formula is C19H18N2O4. The topological polar surface area (TPSA) is 67.9 Å². The van der Waals surface area contributed by atoms with Gasteiger partial charge in [0.15, 0.2) is 11.5 Å². The van der Waals surface area contributed by atoms with Gasteiger partial charge in [0.2, 0.25) is 5.91 Å². The molecule has 2 aliphatic rings. The molecule has 25 heavy (non-hydrogen) atoms. The van der Waals surface area contributed by atoms with Crippen molar-refractivity contribution in [3.8, 4) is 11.5 Å². The van der Waals surface area contributed by atoms with Gasteiger partial charge < -0.3 is 19.7 Å². The molecule has 0 spiro atoms. The molecule has 6 nitrogen and oxygen atoms in total. The molecule has 0 aromatic heterocycles. The molecule has 128 valence electrons. The summed E-state index contributed by atoms with van der Waals surface area (Å²) in [6, 6.07) is 12.5. The van der Waals surface area contributed by atoms with Crippen LogP contribution in [0.15, 0.2) is 42.5 Å². The highest BCUT2D eigenvalue weighted by Crippen LogP contribution is 2.31. The summed E-state index contributed by atoms with van der Waals surface area (Å²) < 4.78 is 11.0. The van der Waals surface area contributed by atoms with Gasteiger partial charge in [-0.25, -0.2) is 0 Å². The quantitative estimate of drug-likeness (QED) is 0.934. The lowest BCUT2D eigenvalue weighted by molar-refractivity contribution is -0.117. The highest BCUT2D eigenvalue weighted by atomic mass is 16.6. The minimum atomic E-state index is -0.234. The van der Waals surface area contributed by atoms with E-state index in [-0.39, 0.29) is 11.8 Å². The first kappa shape index (κ1) is 15.5. The van der Waals surface area contributed by atoms with Crippen LogP contribution in [0.1, 0.15) is 23.2 Å². The molecular weight excluding hydrogens is 320 g/mol. The summed E-state index contributed by atoms with van der Waals surface area (Å²) in [4.78, 5) is 26.1. The normalized spacial score (nSPS) is 16.0. The molecule has 4 rings (SSSR count). The van der Waals surface area contributed by atoms with Crippen LogP contribution >= 0.6 is 0 Å². The van der Waals surface area contributed by atoms with Crippen molar-refractivity contribution < 1.29 is 19.1 Å². The van der Waals surface area contributed by atoms with Crippen LogP contribution in [0.5, 0.6) is 11.5 Å². The smallest absolute Gasteiger partial charge is 0.255 e. The zero-order chi connectivity index (χ0) is 17.2. The third kappa shape index (κ3) is 3.15. The third-order valence-corrected chi connectivity index (χ3v) is 4.29. The van der Waals surface area contributed by atoms with Crippen molar-refractivity contribution in [2.24, 2.45) is 0 Å². The molecule has 0 saturated carbocycles. The van der Waals surface area contributed by atoms with Crippen molar-refractivity contribution in [1.29, 1.82) is 0 Å². The van der Waals surface area contributed by atoms with E-state index in [1.807, 2.05) is 18.2 Å². The summed E-state index contributed by atoms with van der Waals surface area (Å²) in [6.07, 6.45) is 1.44. The number of nitrogens with zero attached hydrogens (tertiary/aromatic N) is 1. The van der Waals surface area contributed by atoms with Gasteiger partial charge in [-0.3, -0.25) is 9.59 Å². The Morgan fingerprint density at radius 1 is 1.04 bits per heavy atom. The third-order valence-electron chi connectivity index (χ3n) is 4.29. The van der Waals surface area contributed by atoms with Crippen LogP contribution in [0, 0.1) is 0 Å². The van der Waals surface area contributed by atoms with Crippen LogP contribution in [-0.4, -0.2) is 31.6 Å². The van der Waals surface area contributed by atoms with Crippen molar-refractivity contribution in [2.75, 3.05) is 30.0 Å². The number of benzene rings is 2. The highest BCUT2D eigenvalue weighted by molar-refractivity contribution is 6.05. The Labute approximate surface area is 145 Å². The molecule has 2 aromatic carbocycles. The van der Waals surface area contributed by atoms with Gasteiger partial charge in [0.05, 0.1) is 0 Å². The highest BCUT2D eigenvalue weighted by Gasteiger charge is 2.22. The second-order valence-corrected chi connectivity index (χ2v) is 6.01. The molecule has 1 fully saturated rings. The number of nitrogens with one attached hydrogen (secondary N) is 1. The van der Waals surface area contributed by atoms with E-state index in [1.54, 1.807) is 29.2 Å². The van der Waals surface area contributed by atoms with Gasteiger partial charge in [0, 0.05) is 29.9 Å². The number of anilines is 2. The Hall–Kier alpha value is -3.02. The molecule has 0 bridgehead atoms. The van der Waals surface area contributed by atoms with E-state index >= 15 is 0 Å². The lowest BCUT2D eigenvalue weighted by Gasteiger charge is -2.19. The first-order valence-corrected chi connectivity index (χ1v) is 8.32. The number of amides is 2. The van der Waals surface area contributed by atoms with Crippen molar-refractivity contribution in [3.05, 3.63) is 48.0 Å².